The van der Waals surface area contributed by atoms with Crippen molar-refractivity contribution in [3.63, 3.8) is 0 Å². The van der Waals surface area contributed by atoms with Crippen LogP contribution in [0.25, 0.3) is 0 Å². The van der Waals surface area contributed by atoms with E-state index in [0.717, 1.165) is 5.92 Å². The Morgan fingerprint density at radius 2 is 2.06 bits per heavy atom. The van der Waals surface area contributed by atoms with Gasteiger partial charge in [-0.2, -0.15) is 0 Å². The van der Waals surface area contributed by atoms with Crippen molar-refractivity contribution in [2.45, 2.75) is 45.2 Å². The lowest BCUT2D eigenvalue weighted by Crippen LogP contribution is -2.33. The van der Waals surface area contributed by atoms with Gasteiger partial charge < -0.3 is 15.1 Å². The van der Waals surface area contributed by atoms with Crippen LogP contribution in [0.15, 0.2) is 4.42 Å². The topological polar surface area (TPSA) is 63.0 Å². The molecule has 1 aromatic rings. The fourth-order valence-electron chi connectivity index (χ4n) is 1.77. The number of hydrogen-bond acceptors (Lipinski definition) is 5. The lowest BCUT2D eigenvalue weighted by atomic mass is 9.99. The van der Waals surface area contributed by atoms with Crippen LogP contribution in [-0.4, -0.2) is 22.8 Å². The molecule has 1 fully saturated rings. The van der Waals surface area contributed by atoms with Crippen molar-refractivity contribution in [2.24, 2.45) is 5.92 Å². The van der Waals surface area contributed by atoms with E-state index in [1.807, 2.05) is 14.0 Å². The van der Waals surface area contributed by atoms with Crippen LogP contribution in [0.3, 0.4) is 0 Å². The van der Waals surface area contributed by atoms with Gasteiger partial charge in [-0.3, -0.25) is 0 Å². The molecule has 0 saturated heterocycles. The van der Waals surface area contributed by atoms with Crippen molar-refractivity contribution in [2.75, 3.05) is 12.4 Å². The van der Waals surface area contributed by atoms with E-state index in [2.05, 4.69) is 34.7 Å². The van der Waals surface area contributed by atoms with E-state index in [1.54, 1.807) is 0 Å². The molecule has 0 radical (unpaired) electrons. The van der Waals surface area contributed by atoms with E-state index in [0.29, 0.717) is 11.9 Å². The summed E-state index contributed by atoms with van der Waals surface area (Å²) in [6, 6.07) is 0.612. The average molecular weight is 224 g/mol. The Morgan fingerprint density at radius 1 is 1.38 bits per heavy atom. The van der Waals surface area contributed by atoms with Gasteiger partial charge in [0.2, 0.25) is 5.89 Å². The molecule has 0 bridgehead atoms. The standard InChI is InChI=1S/C11H20N4O/c1-7(12-4)9-14-15-10(16-9)13-11(2,3)8-5-6-8/h7-8,12H,5-6H2,1-4H3,(H,13,15). The van der Waals surface area contributed by atoms with Gasteiger partial charge in [-0.05, 0) is 46.6 Å². The van der Waals surface area contributed by atoms with Crippen LogP contribution in [0, 0.1) is 5.92 Å². The number of nitrogens with zero attached hydrogens (tertiary/aromatic N) is 2. The second-order valence-corrected chi connectivity index (χ2v) is 5.08. The third-order valence-electron chi connectivity index (χ3n) is 3.27. The number of rotatable bonds is 5. The molecule has 1 unspecified atom stereocenters. The molecule has 0 aromatic carbocycles. The zero-order chi connectivity index (χ0) is 11.8. The van der Waals surface area contributed by atoms with Crippen LogP contribution in [0.1, 0.15) is 45.5 Å². The fraction of sp³-hybridized carbons (Fsp3) is 0.818. The van der Waals surface area contributed by atoms with E-state index in [1.165, 1.54) is 12.8 Å². The largest absolute Gasteiger partial charge is 0.406 e. The third-order valence-corrected chi connectivity index (χ3v) is 3.27. The van der Waals surface area contributed by atoms with E-state index >= 15 is 0 Å². The molecule has 1 aliphatic rings. The Morgan fingerprint density at radius 3 is 2.62 bits per heavy atom. The number of hydrogen-bond donors (Lipinski definition) is 2. The molecular formula is C11H20N4O. The summed E-state index contributed by atoms with van der Waals surface area (Å²) >= 11 is 0. The molecule has 90 valence electrons. The highest BCUT2D eigenvalue weighted by Crippen LogP contribution is 2.40. The van der Waals surface area contributed by atoms with E-state index in [-0.39, 0.29) is 11.6 Å². The summed E-state index contributed by atoms with van der Waals surface area (Å²) < 4.78 is 5.55. The van der Waals surface area contributed by atoms with E-state index < -0.39 is 0 Å². The lowest BCUT2D eigenvalue weighted by molar-refractivity contribution is 0.418. The van der Waals surface area contributed by atoms with Crippen LogP contribution < -0.4 is 10.6 Å². The van der Waals surface area contributed by atoms with Crippen molar-refractivity contribution < 1.29 is 4.42 Å². The quantitative estimate of drug-likeness (QED) is 0.800. The highest BCUT2D eigenvalue weighted by molar-refractivity contribution is 5.25. The van der Waals surface area contributed by atoms with Crippen molar-refractivity contribution in [3.05, 3.63) is 5.89 Å². The molecule has 5 heteroatoms. The Kier molecular flexibility index (Phi) is 2.88. The highest BCUT2D eigenvalue weighted by Gasteiger charge is 2.38. The first kappa shape index (κ1) is 11.4. The van der Waals surface area contributed by atoms with Gasteiger partial charge in [0, 0.05) is 5.54 Å². The summed E-state index contributed by atoms with van der Waals surface area (Å²) in [4.78, 5) is 0. The van der Waals surface area contributed by atoms with Gasteiger partial charge in [-0.15, -0.1) is 5.10 Å². The Hall–Kier alpha value is -1.10. The molecule has 1 atom stereocenters. The summed E-state index contributed by atoms with van der Waals surface area (Å²) in [5.41, 5.74) is 0.0483. The van der Waals surface area contributed by atoms with Gasteiger partial charge in [-0.1, -0.05) is 5.10 Å². The first-order valence-electron chi connectivity index (χ1n) is 5.82. The fourth-order valence-corrected chi connectivity index (χ4v) is 1.77. The Labute approximate surface area is 96.0 Å². The van der Waals surface area contributed by atoms with Crippen LogP contribution >= 0.6 is 0 Å². The van der Waals surface area contributed by atoms with Crippen LogP contribution in [0.5, 0.6) is 0 Å². The molecule has 16 heavy (non-hydrogen) atoms. The molecular weight excluding hydrogens is 204 g/mol. The molecule has 1 aliphatic carbocycles. The van der Waals surface area contributed by atoms with Crippen molar-refractivity contribution in [3.8, 4) is 0 Å². The number of nitrogens with one attached hydrogen (secondary N) is 2. The smallest absolute Gasteiger partial charge is 0.315 e. The molecule has 2 rings (SSSR count). The molecule has 0 spiro atoms. The Balaban J connectivity index is 2.02. The summed E-state index contributed by atoms with van der Waals surface area (Å²) in [6.45, 7) is 6.34. The minimum absolute atomic E-state index is 0.0483. The first-order chi connectivity index (χ1) is 7.53. The third kappa shape index (κ3) is 2.35. The van der Waals surface area contributed by atoms with Crippen LogP contribution in [0.4, 0.5) is 6.01 Å². The SMILES string of the molecule is CNC(C)c1nnc(NC(C)(C)C2CC2)o1. The number of anilines is 1. The molecule has 5 nitrogen and oxygen atoms in total. The summed E-state index contributed by atoms with van der Waals surface area (Å²) in [7, 11) is 1.87. The molecule has 1 saturated carbocycles. The predicted octanol–water partition coefficient (Wildman–Crippen LogP) is 1.95. The minimum atomic E-state index is 0.0483. The van der Waals surface area contributed by atoms with E-state index in [4.69, 9.17) is 4.42 Å². The second kappa shape index (κ2) is 4.05. The predicted molar refractivity (Wildman–Crippen MR) is 62.2 cm³/mol. The first-order valence-corrected chi connectivity index (χ1v) is 5.82. The van der Waals surface area contributed by atoms with Crippen LogP contribution in [0.2, 0.25) is 0 Å². The second-order valence-electron chi connectivity index (χ2n) is 5.08. The van der Waals surface area contributed by atoms with Gasteiger partial charge in [0.05, 0.1) is 6.04 Å². The maximum Gasteiger partial charge on any atom is 0.315 e. The van der Waals surface area contributed by atoms with Crippen molar-refractivity contribution in [1.29, 1.82) is 0 Å². The molecule has 0 aliphatic heterocycles. The Bertz CT molecular complexity index is 357. The van der Waals surface area contributed by atoms with Gasteiger partial charge in [0.25, 0.3) is 0 Å². The van der Waals surface area contributed by atoms with Gasteiger partial charge in [0.1, 0.15) is 0 Å². The lowest BCUT2D eigenvalue weighted by Gasteiger charge is -2.24. The number of aromatic nitrogens is 2. The van der Waals surface area contributed by atoms with Crippen molar-refractivity contribution >= 4 is 6.01 Å². The molecule has 1 heterocycles. The normalized spacial score (nSPS) is 18.5. The minimum Gasteiger partial charge on any atom is -0.406 e. The zero-order valence-electron chi connectivity index (χ0n) is 10.4. The van der Waals surface area contributed by atoms with Gasteiger partial charge in [0.15, 0.2) is 0 Å². The average Bonchev–Trinajstić information content (AvgIpc) is 3.00. The van der Waals surface area contributed by atoms with Gasteiger partial charge >= 0.3 is 6.01 Å². The zero-order valence-corrected chi connectivity index (χ0v) is 10.4. The monoisotopic (exact) mass is 224 g/mol. The summed E-state index contributed by atoms with van der Waals surface area (Å²) in [5.74, 6) is 1.35. The summed E-state index contributed by atoms with van der Waals surface area (Å²) in [6.07, 6.45) is 2.57. The van der Waals surface area contributed by atoms with E-state index in [9.17, 15) is 0 Å². The van der Waals surface area contributed by atoms with Crippen LogP contribution in [-0.2, 0) is 0 Å². The molecule has 1 aromatic heterocycles. The van der Waals surface area contributed by atoms with Crippen molar-refractivity contribution in [1.82, 2.24) is 15.5 Å². The maximum atomic E-state index is 5.55. The van der Waals surface area contributed by atoms with Gasteiger partial charge in [-0.25, -0.2) is 0 Å². The maximum absolute atomic E-state index is 5.55. The summed E-state index contributed by atoms with van der Waals surface area (Å²) in [5, 5.41) is 14.4. The molecule has 2 N–H and O–H groups in total. The highest BCUT2D eigenvalue weighted by atomic mass is 16.4. The molecule has 0 amide bonds.